The van der Waals surface area contributed by atoms with Gasteiger partial charge in [-0.2, -0.15) is 0 Å². The molecule has 1 aromatic carbocycles. The molecule has 0 bridgehead atoms. The van der Waals surface area contributed by atoms with Crippen molar-refractivity contribution in [3.05, 3.63) is 53.9 Å². The van der Waals surface area contributed by atoms with Crippen molar-refractivity contribution in [1.29, 1.82) is 0 Å². The number of anilines is 1. The number of pyridine rings is 1. The first-order chi connectivity index (χ1) is 14.2. The number of nitrogens with zero attached hydrogens (tertiary/aromatic N) is 4. The fourth-order valence-electron chi connectivity index (χ4n) is 4.42. The van der Waals surface area contributed by atoms with Gasteiger partial charge in [0.2, 0.25) is 0 Å². The van der Waals surface area contributed by atoms with Crippen molar-refractivity contribution in [1.82, 2.24) is 9.88 Å². The summed E-state index contributed by atoms with van der Waals surface area (Å²) in [6, 6.07) is 13.3. The minimum Gasteiger partial charge on any atom is -0.496 e. The maximum Gasteiger partial charge on any atom is 0.160 e. The molecule has 3 heterocycles. The molecular weight excluding hydrogens is 380 g/mol. The van der Waals surface area contributed by atoms with E-state index in [0.29, 0.717) is 6.04 Å². The quantitative estimate of drug-likeness (QED) is 0.648. The third kappa shape index (κ3) is 3.59. The summed E-state index contributed by atoms with van der Waals surface area (Å²) in [7, 11) is 1.77. The van der Waals surface area contributed by atoms with E-state index >= 15 is 0 Å². The summed E-state index contributed by atoms with van der Waals surface area (Å²) >= 11 is 1.87. The molecule has 5 nitrogen and oxygen atoms in total. The molecule has 1 aromatic heterocycles. The van der Waals surface area contributed by atoms with E-state index in [-0.39, 0.29) is 12.1 Å². The summed E-state index contributed by atoms with van der Waals surface area (Å²) in [5.74, 6) is 2.03. The number of hydrogen-bond donors (Lipinski definition) is 0. The van der Waals surface area contributed by atoms with Crippen molar-refractivity contribution >= 4 is 22.6 Å². The zero-order valence-corrected chi connectivity index (χ0v) is 18.5. The lowest BCUT2D eigenvalue weighted by molar-refractivity contribution is 0.249. The molecule has 0 spiro atoms. The van der Waals surface area contributed by atoms with Crippen LogP contribution >= 0.6 is 11.8 Å². The Morgan fingerprint density at radius 1 is 1.17 bits per heavy atom. The second kappa shape index (κ2) is 8.66. The molecule has 29 heavy (non-hydrogen) atoms. The van der Waals surface area contributed by atoms with Gasteiger partial charge in [0.25, 0.3) is 0 Å². The van der Waals surface area contributed by atoms with Gasteiger partial charge in [-0.3, -0.25) is 9.98 Å². The monoisotopic (exact) mass is 410 g/mol. The third-order valence-electron chi connectivity index (χ3n) is 5.99. The molecule has 1 saturated heterocycles. The zero-order valence-electron chi connectivity index (χ0n) is 17.7. The molecule has 0 amide bonds. The number of methoxy groups -OCH3 is 1. The summed E-state index contributed by atoms with van der Waals surface area (Å²) in [6.45, 7) is 8.59. The van der Waals surface area contributed by atoms with E-state index in [1.165, 1.54) is 11.3 Å². The van der Waals surface area contributed by atoms with Crippen molar-refractivity contribution < 1.29 is 4.74 Å². The summed E-state index contributed by atoms with van der Waals surface area (Å²) in [5.41, 5.74) is 3.41. The molecule has 154 valence electrons. The highest BCUT2D eigenvalue weighted by Crippen LogP contribution is 2.50. The molecule has 3 atom stereocenters. The molecule has 6 heteroatoms. The topological polar surface area (TPSA) is 41.0 Å². The van der Waals surface area contributed by atoms with Crippen LogP contribution in [0.2, 0.25) is 0 Å². The summed E-state index contributed by atoms with van der Waals surface area (Å²) < 4.78 is 5.91. The number of hydrogen-bond acceptors (Lipinski definition) is 6. The second-order valence-electron chi connectivity index (χ2n) is 7.43. The van der Waals surface area contributed by atoms with Crippen LogP contribution in [0.4, 0.5) is 5.69 Å². The number of rotatable bonds is 7. The van der Waals surface area contributed by atoms with Crippen LogP contribution in [-0.4, -0.2) is 47.0 Å². The highest BCUT2D eigenvalue weighted by atomic mass is 32.2. The molecule has 0 saturated carbocycles. The zero-order chi connectivity index (χ0) is 20.4. The fourth-order valence-corrected chi connectivity index (χ4v) is 5.75. The second-order valence-corrected chi connectivity index (χ2v) is 8.42. The Hall–Kier alpha value is -2.21. The number of benzene rings is 1. The third-order valence-corrected chi connectivity index (χ3v) is 7.12. The van der Waals surface area contributed by atoms with Gasteiger partial charge in [0.05, 0.1) is 18.8 Å². The molecular formula is C23H30N4OS. The van der Waals surface area contributed by atoms with Crippen LogP contribution in [0.3, 0.4) is 0 Å². The van der Waals surface area contributed by atoms with Crippen LogP contribution < -0.4 is 9.64 Å². The highest BCUT2D eigenvalue weighted by molar-refractivity contribution is 8.14. The van der Waals surface area contributed by atoms with Crippen LogP contribution in [0.5, 0.6) is 5.75 Å². The molecule has 2 aliphatic heterocycles. The lowest BCUT2D eigenvalue weighted by Gasteiger charge is -2.33. The summed E-state index contributed by atoms with van der Waals surface area (Å²) in [4.78, 5) is 14.6. The molecule has 1 fully saturated rings. The fraction of sp³-hybridized carbons (Fsp3) is 0.478. The summed E-state index contributed by atoms with van der Waals surface area (Å²) in [5, 5.41) is 1.15. The maximum absolute atomic E-state index is 5.91. The first-order valence-corrected chi connectivity index (χ1v) is 11.5. The van der Waals surface area contributed by atoms with E-state index in [4.69, 9.17) is 9.73 Å². The Bertz CT molecular complexity index is 868. The van der Waals surface area contributed by atoms with Crippen molar-refractivity contribution in [3.8, 4) is 5.75 Å². The largest absolute Gasteiger partial charge is 0.496 e. The van der Waals surface area contributed by atoms with Crippen molar-refractivity contribution in [3.63, 3.8) is 0 Å². The van der Waals surface area contributed by atoms with Crippen LogP contribution in [0.15, 0.2) is 47.6 Å². The Morgan fingerprint density at radius 3 is 2.66 bits per heavy atom. The summed E-state index contributed by atoms with van der Waals surface area (Å²) in [6.07, 6.45) is 2.97. The standard InChI is InChI=1S/C23H30N4OS/c1-5-16-15-29-23-25-21(19-10-8-9-13-24-19)22(27(16)23)18-12-11-17(14-20(18)28-4)26(6-2)7-3/h8-14,16,21-22H,5-7,15H2,1-4H3/t16-,21+,22+/m0/s1. The minimum atomic E-state index is -0.0127. The first-order valence-electron chi connectivity index (χ1n) is 10.5. The maximum atomic E-state index is 5.91. The Balaban J connectivity index is 1.79. The van der Waals surface area contributed by atoms with Gasteiger partial charge in [-0.25, -0.2) is 0 Å². The molecule has 4 rings (SSSR count). The van der Waals surface area contributed by atoms with E-state index in [1.807, 2.05) is 30.1 Å². The Morgan fingerprint density at radius 2 is 2.00 bits per heavy atom. The van der Waals surface area contributed by atoms with Gasteiger partial charge >= 0.3 is 0 Å². The van der Waals surface area contributed by atoms with Gasteiger partial charge < -0.3 is 14.5 Å². The molecule has 2 aliphatic rings. The predicted molar refractivity (Wildman–Crippen MR) is 122 cm³/mol. The molecule has 0 N–H and O–H groups in total. The number of aliphatic imine (C=N–C) groups is 1. The smallest absolute Gasteiger partial charge is 0.160 e. The van der Waals surface area contributed by atoms with Gasteiger partial charge in [-0.15, -0.1) is 0 Å². The van der Waals surface area contributed by atoms with E-state index in [2.05, 4.69) is 59.8 Å². The highest BCUT2D eigenvalue weighted by Gasteiger charge is 2.46. The number of aromatic nitrogens is 1. The molecule has 2 aromatic rings. The number of amidine groups is 1. The van der Waals surface area contributed by atoms with Crippen molar-refractivity contribution in [2.45, 2.75) is 45.3 Å². The normalized spacial score (nSPS) is 23.1. The average molecular weight is 411 g/mol. The Labute approximate surface area is 178 Å². The number of thioether (sulfide) groups is 1. The van der Waals surface area contributed by atoms with Crippen molar-refractivity contribution in [2.24, 2.45) is 4.99 Å². The first kappa shape index (κ1) is 20.1. The van der Waals surface area contributed by atoms with Crippen LogP contribution in [0, 0.1) is 0 Å². The van der Waals surface area contributed by atoms with Crippen molar-refractivity contribution in [2.75, 3.05) is 30.9 Å². The SMILES string of the molecule is CC[C@H]1CSC2=N[C@H](c3ccccn3)[C@@H](c3ccc(N(CC)CC)cc3OC)N21. The Kier molecular flexibility index (Phi) is 5.99. The van der Waals surface area contributed by atoms with Gasteiger partial charge in [-0.05, 0) is 38.5 Å². The van der Waals surface area contributed by atoms with Crippen LogP contribution in [0.25, 0.3) is 0 Å². The van der Waals surface area contributed by atoms with Crippen LogP contribution in [-0.2, 0) is 0 Å². The van der Waals surface area contributed by atoms with Gasteiger partial charge in [0.1, 0.15) is 11.8 Å². The van der Waals surface area contributed by atoms with E-state index in [1.54, 1.807) is 7.11 Å². The van der Waals surface area contributed by atoms with Gasteiger partial charge in [-0.1, -0.05) is 30.8 Å². The number of fused-ring (bicyclic) bond motifs is 1. The van der Waals surface area contributed by atoms with Gasteiger partial charge in [0, 0.05) is 48.4 Å². The van der Waals surface area contributed by atoms with E-state index < -0.39 is 0 Å². The van der Waals surface area contributed by atoms with E-state index in [9.17, 15) is 0 Å². The minimum absolute atomic E-state index is 0.0127. The lowest BCUT2D eigenvalue weighted by atomic mass is 9.94. The number of ether oxygens (including phenoxy) is 1. The molecule has 0 radical (unpaired) electrons. The lowest BCUT2D eigenvalue weighted by Crippen LogP contribution is -2.35. The average Bonchev–Trinajstić information content (AvgIpc) is 3.34. The molecule has 0 unspecified atom stereocenters. The predicted octanol–water partition coefficient (Wildman–Crippen LogP) is 4.92. The molecule has 0 aliphatic carbocycles. The van der Waals surface area contributed by atoms with Gasteiger partial charge in [0.15, 0.2) is 5.17 Å². The van der Waals surface area contributed by atoms with Crippen LogP contribution in [0.1, 0.15) is 50.5 Å². The van der Waals surface area contributed by atoms with E-state index in [0.717, 1.165) is 41.9 Å².